The Labute approximate surface area is 112 Å². The number of thiophene rings is 1. The highest BCUT2D eigenvalue weighted by atomic mass is 79.9. The first-order chi connectivity index (χ1) is 7.65. The lowest BCUT2D eigenvalue weighted by atomic mass is 10.2. The average Bonchev–Trinajstić information content (AvgIpc) is 2.68. The van der Waals surface area contributed by atoms with Crippen LogP contribution in [0.2, 0.25) is 5.15 Å². The number of nitrogens with zero attached hydrogens (tertiary/aromatic N) is 1. The number of anilines is 1. The molecule has 2 heterocycles. The van der Waals surface area contributed by atoms with Crippen molar-refractivity contribution < 1.29 is 0 Å². The molecule has 1 atom stereocenters. The molecule has 0 saturated carbocycles. The van der Waals surface area contributed by atoms with Crippen molar-refractivity contribution in [3.05, 3.63) is 44.3 Å². The van der Waals surface area contributed by atoms with E-state index in [9.17, 15) is 0 Å². The summed E-state index contributed by atoms with van der Waals surface area (Å²) in [6.45, 7) is 2.12. The first kappa shape index (κ1) is 11.9. The minimum Gasteiger partial charge on any atom is -0.376 e. The molecule has 0 aromatic carbocycles. The molecule has 0 aliphatic carbocycles. The van der Waals surface area contributed by atoms with Gasteiger partial charge in [0.1, 0.15) is 5.15 Å². The van der Waals surface area contributed by atoms with Gasteiger partial charge >= 0.3 is 0 Å². The van der Waals surface area contributed by atoms with Crippen molar-refractivity contribution in [2.24, 2.45) is 0 Å². The molecule has 0 bridgehead atoms. The molecule has 1 N–H and O–H groups in total. The Hall–Kier alpha value is -0.580. The maximum absolute atomic E-state index is 5.73. The van der Waals surface area contributed by atoms with Gasteiger partial charge in [-0.25, -0.2) is 4.98 Å². The van der Waals surface area contributed by atoms with Crippen molar-refractivity contribution in [1.82, 2.24) is 4.98 Å². The average molecular weight is 318 g/mol. The minimum absolute atomic E-state index is 0.263. The van der Waals surface area contributed by atoms with E-state index in [0.29, 0.717) is 5.15 Å². The summed E-state index contributed by atoms with van der Waals surface area (Å²) in [6.07, 6.45) is 1.74. The Kier molecular flexibility index (Phi) is 3.84. The fourth-order valence-corrected chi connectivity index (χ4v) is 2.88. The van der Waals surface area contributed by atoms with Gasteiger partial charge in [-0.1, -0.05) is 11.6 Å². The van der Waals surface area contributed by atoms with Gasteiger partial charge in [-0.3, -0.25) is 0 Å². The first-order valence-electron chi connectivity index (χ1n) is 4.78. The maximum Gasteiger partial charge on any atom is 0.129 e. The SMILES string of the molecule is CC(Nc1ccc(Cl)nc1)c1ccc(Br)s1. The van der Waals surface area contributed by atoms with Crippen molar-refractivity contribution >= 4 is 44.6 Å². The van der Waals surface area contributed by atoms with Crippen LogP contribution >= 0.6 is 38.9 Å². The lowest BCUT2D eigenvalue weighted by Crippen LogP contribution is -2.04. The molecule has 0 aliphatic rings. The highest BCUT2D eigenvalue weighted by Gasteiger charge is 2.07. The number of rotatable bonds is 3. The Balaban J connectivity index is 2.07. The summed E-state index contributed by atoms with van der Waals surface area (Å²) in [5.74, 6) is 0. The molecular formula is C11H10BrClN2S. The Morgan fingerprint density at radius 3 is 2.75 bits per heavy atom. The third kappa shape index (κ3) is 2.97. The minimum atomic E-state index is 0.263. The van der Waals surface area contributed by atoms with E-state index in [1.807, 2.05) is 6.07 Å². The van der Waals surface area contributed by atoms with Gasteiger partial charge in [-0.15, -0.1) is 11.3 Å². The van der Waals surface area contributed by atoms with Crippen LogP contribution in [-0.4, -0.2) is 4.98 Å². The van der Waals surface area contributed by atoms with Crippen molar-refractivity contribution in [1.29, 1.82) is 0 Å². The predicted octanol–water partition coefficient (Wildman–Crippen LogP) is 4.73. The smallest absolute Gasteiger partial charge is 0.129 e. The van der Waals surface area contributed by atoms with Crippen LogP contribution in [0.4, 0.5) is 5.69 Å². The van der Waals surface area contributed by atoms with E-state index >= 15 is 0 Å². The number of hydrogen-bond acceptors (Lipinski definition) is 3. The van der Waals surface area contributed by atoms with Crippen LogP contribution in [0.15, 0.2) is 34.2 Å². The van der Waals surface area contributed by atoms with Crippen molar-refractivity contribution in [2.75, 3.05) is 5.32 Å². The van der Waals surface area contributed by atoms with Crippen molar-refractivity contribution in [2.45, 2.75) is 13.0 Å². The predicted molar refractivity (Wildman–Crippen MR) is 73.3 cm³/mol. The van der Waals surface area contributed by atoms with Gasteiger partial charge in [0.25, 0.3) is 0 Å². The van der Waals surface area contributed by atoms with Gasteiger partial charge in [0.15, 0.2) is 0 Å². The summed E-state index contributed by atoms with van der Waals surface area (Å²) >= 11 is 10.9. The van der Waals surface area contributed by atoms with Crippen LogP contribution in [0.5, 0.6) is 0 Å². The van der Waals surface area contributed by atoms with Gasteiger partial charge < -0.3 is 5.32 Å². The van der Waals surface area contributed by atoms with E-state index in [4.69, 9.17) is 11.6 Å². The zero-order valence-electron chi connectivity index (χ0n) is 8.58. The van der Waals surface area contributed by atoms with Crippen LogP contribution in [0.1, 0.15) is 17.8 Å². The normalized spacial score (nSPS) is 12.4. The molecular weight excluding hydrogens is 308 g/mol. The van der Waals surface area contributed by atoms with Crippen LogP contribution in [0.3, 0.4) is 0 Å². The molecule has 0 aliphatic heterocycles. The van der Waals surface area contributed by atoms with Gasteiger partial charge in [-0.2, -0.15) is 0 Å². The Morgan fingerprint density at radius 1 is 1.38 bits per heavy atom. The standard InChI is InChI=1S/C11H10BrClN2S/c1-7(9-3-4-10(12)16-9)15-8-2-5-11(13)14-6-8/h2-7,15H,1H3. The van der Waals surface area contributed by atoms with Crippen LogP contribution in [0.25, 0.3) is 0 Å². The first-order valence-corrected chi connectivity index (χ1v) is 6.77. The van der Waals surface area contributed by atoms with Crippen molar-refractivity contribution in [3.63, 3.8) is 0 Å². The number of halogens is 2. The Bertz CT molecular complexity index is 469. The topological polar surface area (TPSA) is 24.9 Å². The summed E-state index contributed by atoms with van der Waals surface area (Å²) in [7, 11) is 0. The molecule has 0 radical (unpaired) electrons. The van der Waals surface area contributed by atoms with E-state index < -0.39 is 0 Å². The molecule has 2 aromatic heterocycles. The quantitative estimate of drug-likeness (QED) is 0.828. The van der Waals surface area contributed by atoms with E-state index in [2.05, 4.69) is 45.3 Å². The molecule has 2 aromatic rings. The molecule has 5 heteroatoms. The molecule has 0 fully saturated rings. The Morgan fingerprint density at radius 2 is 2.19 bits per heavy atom. The summed E-state index contributed by atoms with van der Waals surface area (Å²) in [5.41, 5.74) is 0.974. The van der Waals surface area contributed by atoms with E-state index in [1.165, 1.54) is 4.88 Å². The van der Waals surface area contributed by atoms with Gasteiger partial charge in [-0.05, 0) is 47.1 Å². The van der Waals surface area contributed by atoms with Crippen LogP contribution < -0.4 is 5.32 Å². The van der Waals surface area contributed by atoms with E-state index in [1.54, 1.807) is 23.6 Å². The van der Waals surface area contributed by atoms with Crippen LogP contribution in [0, 0.1) is 0 Å². The summed E-state index contributed by atoms with van der Waals surface area (Å²) in [5, 5.41) is 3.88. The monoisotopic (exact) mass is 316 g/mol. The third-order valence-corrected chi connectivity index (χ3v) is 4.16. The zero-order chi connectivity index (χ0) is 11.5. The summed E-state index contributed by atoms with van der Waals surface area (Å²) in [4.78, 5) is 5.31. The van der Waals surface area contributed by atoms with E-state index in [-0.39, 0.29) is 6.04 Å². The summed E-state index contributed by atoms with van der Waals surface area (Å²) < 4.78 is 1.14. The second-order valence-corrected chi connectivity index (χ2v) is 6.26. The molecule has 84 valence electrons. The van der Waals surface area contributed by atoms with Gasteiger partial charge in [0.2, 0.25) is 0 Å². The number of hydrogen-bond donors (Lipinski definition) is 1. The largest absolute Gasteiger partial charge is 0.376 e. The molecule has 0 amide bonds. The molecule has 2 nitrogen and oxygen atoms in total. The van der Waals surface area contributed by atoms with Gasteiger partial charge in [0.05, 0.1) is 21.7 Å². The number of nitrogens with one attached hydrogen (secondary N) is 1. The second kappa shape index (κ2) is 5.17. The maximum atomic E-state index is 5.73. The number of pyridine rings is 1. The van der Waals surface area contributed by atoms with Crippen LogP contribution in [-0.2, 0) is 0 Å². The number of aromatic nitrogens is 1. The van der Waals surface area contributed by atoms with E-state index in [0.717, 1.165) is 9.47 Å². The van der Waals surface area contributed by atoms with Gasteiger partial charge in [0, 0.05) is 4.88 Å². The highest BCUT2D eigenvalue weighted by molar-refractivity contribution is 9.11. The third-order valence-electron chi connectivity index (χ3n) is 2.13. The molecule has 16 heavy (non-hydrogen) atoms. The molecule has 2 rings (SSSR count). The second-order valence-electron chi connectivity index (χ2n) is 3.38. The lowest BCUT2D eigenvalue weighted by molar-refractivity contribution is 0.906. The highest BCUT2D eigenvalue weighted by Crippen LogP contribution is 2.29. The fraction of sp³-hybridized carbons (Fsp3) is 0.182. The fourth-order valence-electron chi connectivity index (χ4n) is 1.34. The molecule has 0 saturated heterocycles. The lowest BCUT2D eigenvalue weighted by Gasteiger charge is -2.13. The summed E-state index contributed by atoms with van der Waals surface area (Å²) in [6, 6.07) is 8.13. The molecule has 0 spiro atoms. The molecule has 1 unspecified atom stereocenters. The zero-order valence-corrected chi connectivity index (χ0v) is 11.7. The van der Waals surface area contributed by atoms with Crippen molar-refractivity contribution in [3.8, 4) is 0 Å².